The van der Waals surface area contributed by atoms with Gasteiger partial charge in [0.15, 0.2) is 0 Å². The summed E-state index contributed by atoms with van der Waals surface area (Å²) in [6.45, 7) is 2.08. The molecule has 3 heteroatoms. The van der Waals surface area contributed by atoms with E-state index in [0.717, 1.165) is 30.0 Å². The first-order valence-electron chi connectivity index (χ1n) is 7.36. The van der Waals surface area contributed by atoms with Crippen molar-refractivity contribution < 1.29 is 9.52 Å². The zero-order valence-electron chi connectivity index (χ0n) is 11.9. The average molecular weight is 280 g/mol. The van der Waals surface area contributed by atoms with Gasteiger partial charge in [-0.15, -0.1) is 0 Å². The Labute approximate surface area is 121 Å². The molecule has 21 heavy (non-hydrogen) atoms. The minimum atomic E-state index is -0.467. The van der Waals surface area contributed by atoms with Gasteiger partial charge < -0.3 is 9.52 Å². The van der Waals surface area contributed by atoms with Crippen molar-refractivity contribution in [2.24, 2.45) is 0 Å². The highest BCUT2D eigenvalue weighted by Gasteiger charge is 2.20. The Morgan fingerprint density at radius 1 is 1.10 bits per heavy atom. The number of hydrogen-bond acceptors (Lipinski definition) is 3. The number of aromatic hydroxyl groups is 1. The van der Waals surface area contributed by atoms with E-state index in [0.29, 0.717) is 11.0 Å². The van der Waals surface area contributed by atoms with Crippen LogP contribution in [0.2, 0.25) is 0 Å². The van der Waals surface area contributed by atoms with Gasteiger partial charge in [-0.1, -0.05) is 12.1 Å². The molecule has 0 bridgehead atoms. The highest BCUT2D eigenvalue weighted by Crippen LogP contribution is 2.36. The van der Waals surface area contributed by atoms with Gasteiger partial charge in [-0.2, -0.15) is 0 Å². The van der Waals surface area contributed by atoms with Crippen molar-refractivity contribution in [2.75, 3.05) is 0 Å². The van der Waals surface area contributed by atoms with E-state index >= 15 is 0 Å². The van der Waals surface area contributed by atoms with Crippen molar-refractivity contribution >= 4 is 21.7 Å². The molecular formula is C18H16O3. The summed E-state index contributed by atoms with van der Waals surface area (Å²) in [5.74, 6) is -0.00622. The van der Waals surface area contributed by atoms with Crippen LogP contribution in [0.3, 0.4) is 0 Å². The third kappa shape index (κ3) is 1.70. The van der Waals surface area contributed by atoms with Gasteiger partial charge in [0, 0.05) is 10.8 Å². The number of phenols is 1. The molecular weight excluding hydrogens is 264 g/mol. The zero-order chi connectivity index (χ0) is 14.6. The Morgan fingerprint density at radius 2 is 1.86 bits per heavy atom. The maximum absolute atomic E-state index is 12.2. The summed E-state index contributed by atoms with van der Waals surface area (Å²) in [5.41, 5.74) is 4.03. The fourth-order valence-electron chi connectivity index (χ4n) is 3.61. The number of phenolic OH excluding ortho intramolecular Hbond substituents is 1. The third-order valence-corrected chi connectivity index (χ3v) is 4.56. The van der Waals surface area contributed by atoms with Crippen molar-refractivity contribution in [3.05, 3.63) is 51.4 Å². The van der Waals surface area contributed by atoms with Crippen molar-refractivity contribution in [3.63, 3.8) is 0 Å². The lowest BCUT2D eigenvalue weighted by Gasteiger charge is -2.20. The Hall–Kier alpha value is -2.29. The van der Waals surface area contributed by atoms with Gasteiger partial charge >= 0.3 is 5.63 Å². The van der Waals surface area contributed by atoms with Gasteiger partial charge in [-0.25, -0.2) is 4.79 Å². The normalized spacial score (nSPS) is 14.5. The molecule has 3 nitrogen and oxygen atoms in total. The molecule has 2 aromatic carbocycles. The van der Waals surface area contributed by atoms with Crippen LogP contribution < -0.4 is 5.63 Å². The van der Waals surface area contributed by atoms with Gasteiger partial charge in [0.2, 0.25) is 0 Å². The van der Waals surface area contributed by atoms with Crippen molar-refractivity contribution in [1.82, 2.24) is 0 Å². The molecule has 1 aliphatic rings. The monoisotopic (exact) mass is 280 g/mol. The molecule has 0 unspecified atom stereocenters. The highest BCUT2D eigenvalue weighted by molar-refractivity contribution is 6.08. The van der Waals surface area contributed by atoms with E-state index in [9.17, 15) is 9.90 Å². The van der Waals surface area contributed by atoms with Crippen LogP contribution in [0.25, 0.3) is 21.7 Å². The second kappa shape index (κ2) is 4.35. The summed E-state index contributed by atoms with van der Waals surface area (Å²) in [5, 5.41) is 12.1. The summed E-state index contributed by atoms with van der Waals surface area (Å²) in [7, 11) is 0. The standard InChI is InChI=1S/C18H16O3/c1-10-9-15-16(12-6-3-2-5-11(10)12)13-7-4-8-14(19)17(13)18(20)21-15/h4,7-9,19H,2-3,5-6H2,1H3. The first-order valence-corrected chi connectivity index (χ1v) is 7.36. The van der Waals surface area contributed by atoms with Crippen LogP contribution in [0.5, 0.6) is 5.75 Å². The van der Waals surface area contributed by atoms with E-state index in [2.05, 4.69) is 6.92 Å². The van der Waals surface area contributed by atoms with E-state index < -0.39 is 5.63 Å². The van der Waals surface area contributed by atoms with Crippen LogP contribution in [-0.2, 0) is 12.8 Å². The molecule has 1 N–H and O–H groups in total. The van der Waals surface area contributed by atoms with E-state index in [1.54, 1.807) is 6.07 Å². The van der Waals surface area contributed by atoms with Crippen LogP contribution in [0.15, 0.2) is 33.5 Å². The van der Waals surface area contributed by atoms with Crippen LogP contribution in [0, 0.1) is 6.92 Å². The van der Waals surface area contributed by atoms with E-state index in [4.69, 9.17) is 4.42 Å². The fraction of sp³-hybridized carbons (Fsp3) is 0.278. The average Bonchev–Trinajstić information content (AvgIpc) is 2.47. The molecule has 0 atom stereocenters. The summed E-state index contributed by atoms with van der Waals surface area (Å²) >= 11 is 0. The maximum atomic E-state index is 12.2. The summed E-state index contributed by atoms with van der Waals surface area (Å²) in [4.78, 5) is 12.2. The molecule has 0 saturated carbocycles. The van der Waals surface area contributed by atoms with Crippen LogP contribution in [-0.4, -0.2) is 5.11 Å². The Bertz CT molecular complexity index is 935. The zero-order valence-corrected chi connectivity index (χ0v) is 11.9. The predicted molar refractivity (Wildman–Crippen MR) is 83.0 cm³/mol. The fourth-order valence-corrected chi connectivity index (χ4v) is 3.61. The maximum Gasteiger partial charge on any atom is 0.347 e. The lowest BCUT2D eigenvalue weighted by atomic mass is 9.85. The summed E-state index contributed by atoms with van der Waals surface area (Å²) in [6, 6.07) is 7.18. The SMILES string of the molecule is Cc1cc2oc(=O)c3c(O)cccc3c2c2c1CCCC2. The second-order valence-electron chi connectivity index (χ2n) is 5.82. The summed E-state index contributed by atoms with van der Waals surface area (Å²) in [6.07, 6.45) is 4.45. The summed E-state index contributed by atoms with van der Waals surface area (Å²) < 4.78 is 5.49. The van der Waals surface area contributed by atoms with Crippen molar-refractivity contribution in [2.45, 2.75) is 32.6 Å². The van der Waals surface area contributed by atoms with Gasteiger partial charge in [0.25, 0.3) is 0 Å². The molecule has 106 valence electrons. The van der Waals surface area contributed by atoms with E-state index in [1.165, 1.54) is 29.2 Å². The molecule has 0 fully saturated rings. The lowest BCUT2D eigenvalue weighted by Crippen LogP contribution is -2.08. The minimum absolute atomic E-state index is 0.00622. The molecule has 0 radical (unpaired) electrons. The van der Waals surface area contributed by atoms with Crippen LogP contribution in [0.4, 0.5) is 0 Å². The number of benzene rings is 2. The number of fused-ring (bicyclic) bond motifs is 5. The van der Waals surface area contributed by atoms with Gasteiger partial charge in [0.1, 0.15) is 16.7 Å². The quantitative estimate of drug-likeness (QED) is 0.503. The van der Waals surface area contributed by atoms with Gasteiger partial charge in [-0.05, 0) is 61.4 Å². The Morgan fingerprint density at radius 3 is 2.67 bits per heavy atom. The molecule has 4 rings (SSSR count). The van der Waals surface area contributed by atoms with E-state index in [-0.39, 0.29) is 5.75 Å². The molecule has 3 aromatic rings. The van der Waals surface area contributed by atoms with Gasteiger partial charge in [-0.3, -0.25) is 0 Å². The molecule has 0 aliphatic heterocycles. The number of aryl methyl sites for hydroxylation is 2. The van der Waals surface area contributed by atoms with Crippen molar-refractivity contribution in [3.8, 4) is 5.75 Å². The van der Waals surface area contributed by atoms with Crippen LogP contribution in [0.1, 0.15) is 29.5 Å². The first kappa shape index (κ1) is 12.5. The first-order chi connectivity index (χ1) is 10.2. The van der Waals surface area contributed by atoms with Crippen LogP contribution >= 0.6 is 0 Å². The van der Waals surface area contributed by atoms with Crippen molar-refractivity contribution in [1.29, 1.82) is 0 Å². The number of hydrogen-bond donors (Lipinski definition) is 1. The molecule has 1 aliphatic carbocycles. The van der Waals surface area contributed by atoms with E-state index in [1.807, 2.05) is 12.1 Å². The minimum Gasteiger partial charge on any atom is -0.507 e. The molecule has 1 heterocycles. The Kier molecular flexibility index (Phi) is 2.58. The smallest absolute Gasteiger partial charge is 0.347 e. The number of rotatable bonds is 0. The molecule has 0 amide bonds. The predicted octanol–water partition coefficient (Wildman–Crippen LogP) is 3.84. The molecule has 0 spiro atoms. The molecule has 0 saturated heterocycles. The topological polar surface area (TPSA) is 50.4 Å². The Balaban J connectivity index is 2.30. The molecule has 1 aromatic heterocycles. The van der Waals surface area contributed by atoms with Gasteiger partial charge in [0.05, 0.1) is 0 Å². The lowest BCUT2D eigenvalue weighted by molar-refractivity contribution is 0.477. The second-order valence-corrected chi connectivity index (χ2v) is 5.82. The largest absolute Gasteiger partial charge is 0.507 e. The third-order valence-electron chi connectivity index (χ3n) is 4.56. The highest BCUT2D eigenvalue weighted by atomic mass is 16.4.